The second-order valence-corrected chi connectivity index (χ2v) is 10.7. The molecule has 202 valence electrons. The lowest BCUT2D eigenvalue weighted by Gasteiger charge is -2.35. The molecule has 0 spiro atoms. The maximum Gasteiger partial charge on any atom is 0.246 e. The zero-order valence-corrected chi connectivity index (χ0v) is 22.4. The molecule has 1 aromatic carbocycles. The summed E-state index contributed by atoms with van der Waals surface area (Å²) in [6.45, 7) is 4.39. The first-order valence-corrected chi connectivity index (χ1v) is 13.7. The molecule has 38 heavy (non-hydrogen) atoms. The molecule has 3 atom stereocenters. The molecule has 1 saturated heterocycles. The molecule has 1 aliphatic heterocycles. The Balaban J connectivity index is 1.43. The number of amides is 2. The van der Waals surface area contributed by atoms with Gasteiger partial charge in [0.2, 0.25) is 11.8 Å². The van der Waals surface area contributed by atoms with Crippen molar-refractivity contribution in [2.45, 2.75) is 76.9 Å². The smallest absolute Gasteiger partial charge is 0.246 e. The van der Waals surface area contributed by atoms with Crippen LogP contribution in [0.3, 0.4) is 0 Å². The Morgan fingerprint density at radius 3 is 2.63 bits per heavy atom. The molecular formula is C29H37FN6O2. The maximum absolute atomic E-state index is 14.0. The Kier molecular flexibility index (Phi) is 7.74. The number of benzene rings is 1. The fraction of sp³-hybridized carbons (Fsp3) is 0.517. The number of fused-ring (bicyclic) bond motifs is 1. The van der Waals surface area contributed by atoms with Crippen molar-refractivity contribution in [3.8, 4) is 5.82 Å². The number of nitrogens with one attached hydrogen (secondary N) is 2. The number of hydrogen-bond acceptors (Lipinski definition) is 5. The molecule has 2 aromatic heterocycles. The van der Waals surface area contributed by atoms with Gasteiger partial charge in [-0.15, -0.1) is 0 Å². The molecule has 2 amide bonds. The molecule has 0 radical (unpaired) electrons. The number of aryl methyl sites for hydroxylation is 1. The van der Waals surface area contributed by atoms with Crippen LogP contribution in [0.5, 0.6) is 0 Å². The van der Waals surface area contributed by atoms with Crippen LogP contribution in [0, 0.1) is 18.7 Å². The second kappa shape index (κ2) is 11.2. The van der Waals surface area contributed by atoms with Crippen molar-refractivity contribution >= 4 is 22.7 Å². The summed E-state index contributed by atoms with van der Waals surface area (Å²) in [7, 11) is 1.75. The summed E-state index contributed by atoms with van der Waals surface area (Å²) < 4.78 is 15.8. The lowest BCUT2D eigenvalue weighted by Crippen LogP contribution is -2.55. The average Bonchev–Trinajstić information content (AvgIpc) is 3.56. The van der Waals surface area contributed by atoms with E-state index in [4.69, 9.17) is 0 Å². The molecule has 2 aliphatic rings. The van der Waals surface area contributed by atoms with Crippen molar-refractivity contribution in [2.24, 2.45) is 5.92 Å². The molecule has 2 fully saturated rings. The first-order chi connectivity index (χ1) is 18.4. The van der Waals surface area contributed by atoms with E-state index in [0.29, 0.717) is 12.4 Å². The van der Waals surface area contributed by atoms with Crippen molar-refractivity contribution < 1.29 is 14.0 Å². The minimum Gasteiger partial charge on any atom is -0.343 e. The van der Waals surface area contributed by atoms with Gasteiger partial charge in [-0.3, -0.25) is 9.59 Å². The molecule has 2 unspecified atom stereocenters. The number of likely N-dealkylation sites (tertiary alicyclic amines) is 1. The van der Waals surface area contributed by atoms with Gasteiger partial charge < -0.3 is 20.1 Å². The lowest BCUT2D eigenvalue weighted by atomic mass is 9.83. The minimum absolute atomic E-state index is 0.0195. The van der Waals surface area contributed by atoms with Crippen LogP contribution in [0.1, 0.15) is 69.2 Å². The van der Waals surface area contributed by atoms with E-state index in [-0.39, 0.29) is 35.6 Å². The zero-order valence-electron chi connectivity index (χ0n) is 22.4. The Morgan fingerprint density at radius 1 is 1.08 bits per heavy atom. The normalized spacial score (nSPS) is 20.0. The highest BCUT2D eigenvalue weighted by molar-refractivity contribution is 5.90. The lowest BCUT2D eigenvalue weighted by molar-refractivity contribution is -0.139. The highest BCUT2D eigenvalue weighted by Crippen LogP contribution is 2.35. The molecule has 1 aliphatic carbocycles. The van der Waals surface area contributed by atoms with Crippen LogP contribution >= 0.6 is 0 Å². The zero-order chi connectivity index (χ0) is 26.8. The van der Waals surface area contributed by atoms with Crippen LogP contribution in [0.2, 0.25) is 0 Å². The van der Waals surface area contributed by atoms with E-state index in [1.807, 2.05) is 28.7 Å². The van der Waals surface area contributed by atoms with Gasteiger partial charge in [-0.1, -0.05) is 19.3 Å². The quantitative estimate of drug-likeness (QED) is 0.487. The van der Waals surface area contributed by atoms with Gasteiger partial charge in [0, 0.05) is 24.2 Å². The highest BCUT2D eigenvalue weighted by atomic mass is 19.1. The SMILES string of the molecule is CNC(C)C(=O)N[C@H](C(=O)N1CCCC1c1cc(-n2cc(C)c3cc(F)ccc32)ncn1)C1CCCCC1. The third-order valence-corrected chi connectivity index (χ3v) is 8.27. The standard InChI is InChI=1S/C29H37FN6O2/c1-18-16-36(24-12-11-21(30)14-22(18)24)26-15-23(32-17-33-26)25-10-7-13-35(25)29(38)27(20-8-5-4-6-9-20)34-28(37)19(2)31-3/h11-12,14-17,19-20,25,27,31H,4-10,13H2,1-3H3,(H,34,37)/t19?,25?,27-/m0/s1. The van der Waals surface area contributed by atoms with E-state index >= 15 is 0 Å². The van der Waals surface area contributed by atoms with Crippen LogP contribution in [0.25, 0.3) is 16.7 Å². The number of hydrogen-bond donors (Lipinski definition) is 2. The summed E-state index contributed by atoms with van der Waals surface area (Å²) in [5, 5.41) is 6.91. The summed E-state index contributed by atoms with van der Waals surface area (Å²) in [6, 6.07) is 5.58. The predicted molar refractivity (Wildman–Crippen MR) is 144 cm³/mol. The third kappa shape index (κ3) is 5.16. The van der Waals surface area contributed by atoms with Gasteiger partial charge in [-0.2, -0.15) is 0 Å². The summed E-state index contributed by atoms with van der Waals surface area (Å²) in [5.41, 5.74) is 2.60. The topological polar surface area (TPSA) is 92.2 Å². The van der Waals surface area contributed by atoms with E-state index in [1.165, 1.54) is 24.9 Å². The Labute approximate surface area is 223 Å². The molecule has 3 heterocycles. The van der Waals surface area contributed by atoms with E-state index in [2.05, 4.69) is 20.6 Å². The predicted octanol–water partition coefficient (Wildman–Crippen LogP) is 4.20. The Morgan fingerprint density at radius 2 is 1.87 bits per heavy atom. The van der Waals surface area contributed by atoms with E-state index in [0.717, 1.165) is 60.7 Å². The number of carbonyl (C=O) groups excluding carboxylic acids is 2. The first-order valence-electron chi connectivity index (χ1n) is 13.7. The molecule has 9 heteroatoms. The van der Waals surface area contributed by atoms with E-state index in [9.17, 15) is 14.0 Å². The fourth-order valence-corrected chi connectivity index (χ4v) is 6.01. The van der Waals surface area contributed by atoms with Crippen molar-refractivity contribution in [1.29, 1.82) is 0 Å². The number of carbonyl (C=O) groups is 2. The number of aromatic nitrogens is 3. The van der Waals surface area contributed by atoms with E-state index < -0.39 is 6.04 Å². The van der Waals surface area contributed by atoms with Gasteiger partial charge in [0.05, 0.1) is 23.3 Å². The molecule has 8 nitrogen and oxygen atoms in total. The number of halogens is 1. The molecular weight excluding hydrogens is 483 g/mol. The largest absolute Gasteiger partial charge is 0.343 e. The number of likely N-dealkylation sites (N-methyl/N-ethyl adjacent to an activating group) is 1. The van der Waals surface area contributed by atoms with Crippen molar-refractivity contribution in [1.82, 2.24) is 30.1 Å². The van der Waals surface area contributed by atoms with E-state index in [1.54, 1.807) is 20.0 Å². The summed E-state index contributed by atoms with van der Waals surface area (Å²) >= 11 is 0. The third-order valence-electron chi connectivity index (χ3n) is 8.27. The molecule has 3 aromatic rings. The van der Waals surface area contributed by atoms with Gasteiger partial charge in [0.1, 0.15) is 24.0 Å². The van der Waals surface area contributed by atoms with Crippen molar-refractivity contribution in [3.63, 3.8) is 0 Å². The Bertz CT molecular complexity index is 1320. The average molecular weight is 521 g/mol. The summed E-state index contributed by atoms with van der Waals surface area (Å²) in [5.74, 6) is 0.377. The van der Waals surface area contributed by atoms with Crippen LogP contribution in [0.15, 0.2) is 36.8 Å². The minimum atomic E-state index is -0.536. The number of rotatable bonds is 7. The second-order valence-electron chi connectivity index (χ2n) is 10.7. The van der Waals surface area contributed by atoms with Gasteiger partial charge >= 0.3 is 0 Å². The number of nitrogens with zero attached hydrogens (tertiary/aromatic N) is 4. The summed E-state index contributed by atoms with van der Waals surface area (Å²) in [4.78, 5) is 37.9. The van der Waals surface area contributed by atoms with Gasteiger partial charge in [0.25, 0.3) is 0 Å². The van der Waals surface area contributed by atoms with Crippen LogP contribution in [-0.4, -0.2) is 56.9 Å². The summed E-state index contributed by atoms with van der Waals surface area (Å²) in [6.07, 6.45) is 10.4. The van der Waals surface area contributed by atoms with Gasteiger partial charge in [-0.05, 0) is 76.3 Å². The molecule has 2 N–H and O–H groups in total. The fourth-order valence-electron chi connectivity index (χ4n) is 6.01. The molecule has 5 rings (SSSR count). The van der Waals surface area contributed by atoms with Crippen LogP contribution in [-0.2, 0) is 9.59 Å². The highest BCUT2D eigenvalue weighted by Gasteiger charge is 2.39. The van der Waals surface area contributed by atoms with Crippen molar-refractivity contribution in [2.75, 3.05) is 13.6 Å². The Hall–Kier alpha value is -3.33. The monoisotopic (exact) mass is 520 g/mol. The van der Waals surface area contributed by atoms with Gasteiger partial charge in [0.15, 0.2) is 0 Å². The van der Waals surface area contributed by atoms with Crippen molar-refractivity contribution in [3.05, 3.63) is 53.9 Å². The molecule has 0 bridgehead atoms. The van der Waals surface area contributed by atoms with Gasteiger partial charge in [-0.25, -0.2) is 14.4 Å². The maximum atomic E-state index is 14.0. The van der Waals surface area contributed by atoms with Crippen LogP contribution in [0.4, 0.5) is 4.39 Å². The molecule has 1 saturated carbocycles. The first kappa shape index (κ1) is 26.3. The van der Waals surface area contributed by atoms with Crippen LogP contribution < -0.4 is 10.6 Å².